The van der Waals surface area contributed by atoms with Crippen LogP contribution in [0.2, 0.25) is 0 Å². The standard InChI is InChI=1S/C24H22N4O3/c1-2-13-31-22-10-6-3-7-17(22)15-25-28-24(30)16-11-12-19-20(14-16)27-23(26-19)18-8-4-5-9-21(18)29/h3-12,14-15,29H,2,13H2,1H3,(H,26,27)(H,28,30)/b25-15+. The first-order chi connectivity index (χ1) is 15.2. The van der Waals surface area contributed by atoms with E-state index in [0.717, 1.165) is 17.7 Å². The summed E-state index contributed by atoms with van der Waals surface area (Å²) in [5, 5.41) is 14.1. The van der Waals surface area contributed by atoms with E-state index in [2.05, 4.69) is 20.5 Å². The minimum Gasteiger partial charge on any atom is -0.507 e. The highest BCUT2D eigenvalue weighted by Crippen LogP contribution is 2.28. The largest absolute Gasteiger partial charge is 0.507 e. The van der Waals surface area contributed by atoms with Crippen molar-refractivity contribution in [3.63, 3.8) is 0 Å². The quantitative estimate of drug-likeness (QED) is 0.306. The first-order valence-corrected chi connectivity index (χ1v) is 9.99. The van der Waals surface area contributed by atoms with Gasteiger partial charge in [-0.1, -0.05) is 31.2 Å². The van der Waals surface area contributed by atoms with Gasteiger partial charge in [0.05, 0.1) is 29.4 Å². The van der Waals surface area contributed by atoms with Gasteiger partial charge < -0.3 is 14.8 Å². The zero-order valence-electron chi connectivity index (χ0n) is 17.0. The highest BCUT2D eigenvalue weighted by molar-refractivity contribution is 5.98. The third kappa shape index (κ3) is 4.56. The highest BCUT2D eigenvalue weighted by atomic mass is 16.5. The minimum atomic E-state index is -0.344. The third-order valence-electron chi connectivity index (χ3n) is 4.65. The number of carbonyl (C=O) groups is 1. The van der Waals surface area contributed by atoms with E-state index in [1.165, 1.54) is 0 Å². The lowest BCUT2D eigenvalue weighted by atomic mass is 10.2. The summed E-state index contributed by atoms with van der Waals surface area (Å²) in [5.74, 6) is 1.05. The van der Waals surface area contributed by atoms with Crippen LogP contribution in [0.15, 0.2) is 71.8 Å². The molecule has 0 aliphatic heterocycles. The summed E-state index contributed by atoms with van der Waals surface area (Å²) in [5.41, 5.74) is 5.74. The maximum absolute atomic E-state index is 12.5. The van der Waals surface area contributed by atoms with E-state index >= 15 is 0 Å². The number of para-hydroxylation sites is 2. The van der Waals surface area contributed by atoms with Crippen LogP contribution in [0, 0.1) is 0 Å². The molecule has 0 fully saturated rings. The number of hydrazone groups is 1. The van der Waals surface area contributed by atoms with Gasteiger partial charge in [0.1, 0.15) is 17.3 Å². The van der Waals surface area contributed by atoms with Crippen LogP contribution in [0.25, 0.3) is 22.4 Å². The molecule has 0 radical (unpaired) electrons. The van der Waals surface area contributed by atoms with Crippen LogP contribution >= 0.6 is 0 Å². The summed E-state index contributed by atoms with van der Waals surface area (Å²) in [6.45, 7) is 2.66. The fraction of sp³-hybridized carbons (Fsp3) is 0.125. The highest BCUT2D eigenvalue weighted by Gasteiger charge is 2.11. The van der Waals surface area contributed by atoms with Crippen molar-refractivity contribution >= 4 is 23.2 Å². The molecular weight excluding hydrogens is 392 g/mol. The van der Waals surface area contributed by atoms with Gasteiger partial charge in [-0.2, -0.15) is 5.10 Å². The van der Waals surface area contributed by atoms with E-state index < -0.39 is 0 Å². The number of hydrogen-bond donors (Lipinski definition) is 3. The van der Waals surface area contributed by atoms with Crippen LogP contribution in [-0.2, 0) is 0 Å². The molecule has 4 rings (SSSR count). The topological polar surface area (TPSA) is 99.6 Å². The van der Waals surface area contributed by atoms with Crippen molar-refractivity contribution < 1.29 is 14.6 Å². The predicted octanol–water partition coefficient (Wildman–Crippen LogP) is 4.49. The Morgan fingerprint density at radius 3 is 2.81 bits per heavy atom. The second-order valence-electron chi connectivity index (χ2n) is 6.92. The van der Waals surface area contributed by atoms with Crippen molar-refractivity contribution in [1.29, 1.82) is 0 Å². The van der Waals surface area contributed by atoms with Crippen LogP contribution in [-0.4, -0.2) is 33.8 Å². The molecule has 3 aromatic carbocycles. The molecule has 0 aliphatic carbocycles. The Bertz CT molecular complexity index is 1250. The molecule has 1 heterocycles. The van der Waals surface area contributed by atoms with Crippen molar-refractivity contribution in [2.45, 2.75) is 13.3 Å². The van der Waals surface area contributed by atoms with Gasteiger partial charge in [0.2, 0.25) is 0 Å². The number of imidazole rings is 1. The molecule has 0 spiro atoms. The van der Waals surface area contributed by atoms with E-state index in [9.17, 15) is 9.90 Å². The van der Waals surface area contributed by atoms with E-state index in [1.54, 1.807) is 42.6 Å². The van der Waals surface area contributed by atoms with Gasteiger partial charge in [-0.25, -0.2) is 10.4 Å². The number of phenols is 1. The number of aromatic amines is 1. The van der Waals surface area contributed by atoms with E-state index in [0.29, 0.717) is 34.6 Å². The molecule has 7 heteroatoms. The number of ether oxygens (including phenoxy) is 1. The number of amides is 1. The Hall–Kier alpha value is -4.13. The van der Waals surface area contributed by atoms with Gasteiger partial charge in [-0.15, -0.1) is 0 Å². The monoisotopic (exact) mass is 414 g/mol. The summed E-state index contributed by atoms with van der Waals surface area (Å²) >= 11 is 0. The number of benzene rings is 3. The van der Waals surface area contributed by atoms with E-state index in [4.69, 9.17) is 4.74 Å². The van der Waals surface area contributed by atoms with Crippen molar-refractivity contribution in [2.75, 3.05) is 6.61 Å². The van der Waals surface area contributed by atoms with Crippen LogP contribution in [0.4, 0.5) is 0 Å². The number of fused-ring (bicyclic) bond motifs is 1. The SMILES string of the molecule is CCCOc1ccccc1/C=N/NC(=O)c1ccc2nc(-c3ccccc3O)[nH]c2c1. The summed E-state index contributed by atoms with van der Waals surface area (Å²) in [6, 6.07) is 19.6. The normalized spacial score (nSPS) is 11.1. The van der Waals surface area contributed by atoms with Crippen molar-refractivity contribution in [1.82, 2.24) is 15.4 Å². The molecule has 1 amide bonds. The lowest BCUT2D eigenvalue weighted by Gasteiger charge is -2.07. The lowest BCUT2D eigenvalue weighted by molar-refractivity contribution is 0.0955. The second kappa shape index (κ2) is 9.13. The summed E-state index contributed by atoms with van der Waals surface area (Å²) in [4.78, 5) is 20.2. The number of carbonyl (C=O) groups excluding carboxylic acids is 1. The molecule has 0 aliphatic rings. The predicted molar refractivity (Wildman–Crippen MR) is 120 cm³/mol. The average Bonchev–Trinajstić information content (AvgIpc) is 3.21. The Balaban J connectivity index is 1.50. The maximum Gasteiger partial charge on any atom is 0.271 e. The summed E-state index contributed by atoms with van der Waals surface area (Å²) in [6.07, 6.45) is 2.47. The maximum atomic E-state index is 12.5. The smallest absolute Gasteiger partial charge is 0.271 e. The molecule has 156 valence electrons. The molecule has 3 N–H and O–H groups in total. The zero-order valence-corrected chi connectivity index (χ0v) is 17.0. The Morgan fingerprint density at radius 1 is 1.16 bits per heavy atom. The van der Waals surface area contributed by atoms with E-state index in [1.807, 2.05) is 37.3 Å². The number of nitrogens with zero attached hydrogens (tertiary/aromatic N) is 2. The Kier molecular flexibility index (Phi) is 5.93. The molecule has 1 aromatic heterocycles. The minimum absolute atomic E-state index is 0.136. The van der Waals surface area contributed by atoms with Crippen LogP contribution in [0.3, 0.4) is 0 Å². The van der Waals surface area contributed by atoms with Crippen molar-refractivity contribution in [2.24, 2.45) is 5.10 Å². The number of aromatic hydroxyl groups is 1. The molecule has 31 heavy (non-hydrogen) atoms. The number of phenolic OH excluding ortho intramolecular Hbond substituents is 1. The van der Waals surface area contributed by atoms with Gasteiger partial charge in [-0.3, -0.25) is 4.79 Å². The number of aromatic nitrogens is 2. The van der Waals surface area contributed by atoms with Crippen LogP contribution in [0.5, 0.6) is 11.5 Å². The Labute approximate surface area is 179 Å². The first kappa shape index (κ1) is 20.2. The third-order valence-corrected chi connectivity index (χ3v) is 4.65. The molecule has 0 saturated carbocycles. The molecule has 7 nitrogen and oxygen atoms in total. The molecule has 0 unspecified atom stereocenters. The zero-order chi connectivity index (χ0) is 21.6. The molecular formula is C24H22N4O3. The number of H-pyrrole nitrogens is 1. The molecule has 0 saturated heterocycles. The van der Waals surface area contributed by atoms with Crippen molar-refractivity contribution in [3.8, 4) is 22.9 Å². The summed E-state index contributed by atoms with van der Waals surface area (Å²) < 4.78 is 5.69. The van der Waals surface area contributed by atoms with Gasteiger partial charge in [0.25, 0.3) is 5.91 Å². The number of rotatable bonds is 7. The number of nitrogens with one attached hydrogen (secondary N) is 2. The van der Waals surface area contributed by atoms with Crippen LogP contribution < -0.4 is 10.2 Å². The first-order valence-electron chi connectivity index (χ1n) is 9.99. The van der Waals surface area contributed by atoms with Gasteiger partial charge in [0.15, 0.2) is 0 Å². The van der Waals surface area contributed by atoms with Gasteiger partial charge in [0, 0.05) is 11.1 Å². The van der Waals surface area contributed by atoms with Crippen molar-refractivity contribution in [3.05, 3.63) is 77.9 Å². The molecule has 0 atom stereocenters. The van der Waals surface area contributed by atoms with Crippen LogP contribution in [0.1, 0.15) is 29.3 Å². The molecule has 0 bridgehead atoms. The second-order valence-corrected chi connectivity index (χ2v) is 6.92. The lowest BCUT2D eigenvalue weighted by Crippen LogP contribution is -2.17. The van der Waals surface area contributed by atoms with Gasteiger partial charge >= 0.3 is 0 Å². The van der Waals surface area contributed by atoms with Gasteiger partial charge in [-0.05, 0) is 48.9 Å². The Morgan fingerprint density at radius 2 is 1.97 bits per heavy atom. The number of hydrogen-bond acceptors (Lipinski definition) is 5. The fourth-order valence-electron chi connectivity index (χ4n) is 3.11. The molecule has 4 aromatic rings. The van der Waals surface area contributed by atoms with E-state index in [-0.39, 0.29) is 11.7 Å². The average molecular weight is 414 g/mol. The fourth-order valence-corrected chi connectivity index (χ4v) is 3.11. The summed E-state index contributed by atoms with van der Waals surface area (Å²) in [7, 11) is 0.